The number of rotatable bonds is 2. The molecule has 2 aromatic rings. The number of alkyl halides is 3. The molecule has 0 unspecified atom stereocenters. The zero-order valence-electron chi connectivity index (χ0n) is 9.99. The molecular formula is C12H11F3N4. The van der Waals surface area contributed by atoms with Crippen LogP contribution in [-0.4, -0.2) is 9.97 Å². The molecule has 2 rings (SSSR count). The van der Waals surface area contributed by atoms with E-state index < -0.39 is 11.7 Å². The van der Waals surface area contributed by atoms with E-state index in [0.29, 0.717) is 23.1 Å². The van der Waals surface area contributed by atoms with Crippen molar-refractivity contribution in [3.05, 3.63) is 41.7 Å². The fraction of sp³-hybridized carbons (Fsp3) is 0.167. The second kappa shape index (κ2) is 4.75. The normalized spacial score (nSPS) is 11.4. The number of nitrogens with zero attached hydrogens (tertiary/aromatic N) is 2. The average Bonchev–Trinajstić information content (AvgIpc) is 2.26. The molecule has 0 bridgehead atoms. The molecule has 100 valence electrons. The Morgan fingerprint density at radius 2 is 1.74 bits per heavy atom. The lowest BCUT2D eigenvalue weighted by Gasteiger charge is -2.09. The molecular weight excluding hydrogens is 257 g/mol. The summed E-state index contributed by atoms with van der Waals surface area (Å²) in [6.07, 6.45) is -4.34. The lowest BCUT2D eigenvalue weighted by molar-refractivity contribution is -0.137. The highest BCUT2D eigenvalue weighted by Gasteiger charge is 2.29. The smallest absolute Gasteiger partial charge is 0.384 e. The average molecular weight is 268 g/mol. The van der Waals surface area contributed by atoms with Gasteiger partial charge in [-0.1, -0.05) is 0 Å². The van der Waals surface area contributed by atoms with Crippen molar-refractivity contribution in [2.75, 3.05) is 11.1 Å². The van der Waals surface area contributed by atoms with Crippen molar-refractivity contribution in [1.29, 1.82) is 0 Å². The van der Waals surface area contributed by atoms with Crippen LogP contribution >= 0.6 is 0 Å². The summed E-state index contributed by atoms with van der Waals surface area (Å²) in [5.41, 5.74) is 5.35. The predicted molar refractivity (Wildman–Crippen MR) is 65.9 cm³/mol. The third-order valence-corrected chi connectivity index (χ3v) is 2.34. The molecule has 1 heterocycles. The van der Waals surface area contributed by atoms with Crippen LogP contribution in [0.1, 0.15) is 11.4 Å². The van der Waals surface area contributed by atoms with E-state index in [4.69, 9.17) is 5.73 Å². The number of hydrogen-bond donors (Lipinski definition) is 2. The number of aromatic nitrogens is 2. The van der Waals surface area contributed by atoms with Gasteiger partial charge < -0.3 is 11.1 Å². The van der Waals surface area contributed by atoms with Crippen molar-refractivity contribution in [3.8, 4) is 0 Å². The number of anilines is 3. The van der Waals surface area contributed by atoms with Crippen LogP contribution in [0.5, 0.6) is 0 Å². The number of benzene rings is 1. The van der Waals surface area contributed by atoms with Gasteiger partial charge >= 0.3 is 6.18 Å². The number of nitrogen functional groups attached to an aromatic ring is 1. The third kappa shape index (κ3) is 3.34. The van der Waals surface area contributed by atoms with Gasteiger partial charge in [0.2, 0.25) is 0 Å². The molecule has 0 spiro atoms. The van der Waals surface area contributed by atoms with Gasteiger partial charge in [-0.3, -0.25) is 0 Å². The Morgan fingerprint density at radius 1 is 1.11 bits per heavy atom. The minimum absolute atomic E-state index is 0.293. The summed E-state index contributed by atoms with van der Waals surface area (Å²) < 4.78 is 37.2. The van der Waals surface area contributed by atoms with Crippen molar-refractivity contribution in [1.82, 2.24) is 9.97 Å². The van der Waals surface area contributed by atoms with E-state index in [0.717, 1.165) is 12.1 Å². The lowest BCUT2D eigenvalue weighted by Crippen LogP contribution is -2.05. The zero-order chi connectivity index (χ0) is 14.0. The second-order valence-corrected chi connectivity index (χ2v) is 3.93. The number of halogens is 3. The van der Waals surface area contributed by atoms with E-state index in [1.165, 1.54) is 18.2 Å². The first-order chi connectivity index (χ1) is 8.84. The Balaban J connectivity index is 2.20. The molecule has 0 radical (unpaired) electrons. The topological polar surface area (TPSA) is 63.8 Å². The SMILES string of the molecule is Cc1nc(N)cc(Nc2ccc(C(F)(F)F)cc2)n1. The highest BCUT2D eigenvalue weighted by molar-refractivity contribution is 5.58. The van der Waals surface area contributed by atoms with E-state index in [1.807, 2.05) is 0 Å². The highest BCUT2D eigenvalue weighted by Crippen LogP contribution is 2.30. The Morgan fingerprint density at radius 3 is 2.26 bits per heavy atom. The van der Waals surface area contributed by atoms with Gasteiger partial charge in [0.1, 0.15) is 17.5 Å². The zero-order valence-corrected chi connectivity index (χ0v) is 9.99. The second-order valence-electron chi connectivity index (χ2n) is 3.93. The molecule has 0 aliphatic heterocycles. The first-order valence-corrected chi connectivity index (χ1v) is 5.40. The third-order valence-electron chi connectivity index (χ3n) is 2.34. The van der Waals surface area contributed by atoms with Crippen LogP contribution in [-0.2, 0) is 6.18 Å². The van der Waals surface area contributed by atoms with Crippen LogP contribution in [0.15, 0.2) is 30.3 Å². The molecule has 0 atom stereocenters. The molecule has 0 saturated carbocycles. The number of aryl methyl sites for hydroxylation is 1. The fourth-order valence-corrected chi connectivity index (χ4v) is 1.55. The lowest BCUT2D eigenvalue weighted by atomic mass is 10.2. The molecule has 1 aromatic carbocycles. The van der Waals surface area contributed by atoms with Gasteiger partial charge in [0.05, 0.1) is 5.56 Å². The van der Waals surface area contributed by atoms with Gasteiger partial charge in [0, 0.05) is 11.8 Å². The Labute approximate surface area is 107 Å². The van der Waals surface area contributed by atoms with Gasteiger partial charge in [-0.15, -0.1) is 0 Å². The van der Waals surface area contributed by atoms with Crippen molar-refractivity contribution in [2.24, 2.45) is 0 Å². The van der Waals surface area contributed by atoms with E-state index in [9.17, 15) is 13.2 Å². The van der Waals surface area contributed by atoms with Crippen molar-refractivity contribution in [3.63, 3.8) is 0 Å². The molecule has 0 fully saturated rings. The summed E-state index contributed by atoms with van der Waals surface area (Å²) in [5.74, 6) is 1.21. The molecule has 4 nitrogen and oxygen atoms in total. The molecule has 1 aromatic heterocycles. The molecule has 0 amide bonds. The van der Waals surface area contributed by atoms with Gasteiger partial charge in [0.25, 0.3) is 0 Å². The Kier molecular flexibility index (Phi) is 3.28. The standard InChI is InChI=1S/C12H11F3N4/c1-7-17-10(16)6-11(18-7)19-9-4-2-8(3-5-9)12(13,14)15/h2-6H,1H3,(H3,16,17,18,19). The van der Waals surface area contributed by atoms with Gasteiger partial charge in [-0.05, 0) is 31.2 Å². The Bertz CT molecular complexity index is 558. The first-order valence-electron chi connectivity index (χ1n) is 5.40. The number of nitrogens with one attached hydrogen (secondary N) is 1. The molecule has 0 aliphatic rings. The monoisotopic (exact) mass is 268 g/mol. The maximum absolute atomic E-state index is 12.4. The molecule has 0 saturated heterocycles. The van der Waals surface area contributed by atoms with Crippen LogP contribution in [0.4, 0.5) is 30.5 Å². The number of hydrogen-bond acceptors (Lipinski definition) is 4. The summed E-state index contributed by atoms with van der Waals surface area (Å²) >= 11 is 0. The van der Waals surface area contributed by atoms with E-state index >= 15 is 0 Å². The van der Waals surface area contributed by atoms with E-state index in [2.05, 4.69) is 15.3 Å². The van der Waals surface area contributed by atoms with Gasteiger partial charge in [-0.2, -0.15) is 13.2 Å². The minimum Gasteiger partial charge on any atom is -0.384 e. The van der Waals surface area contributed by atoms with Crippen LogP contribution in [0.25, 0.3) is 0 Å². The van der Waals surface area contributed by atoms with E-state index in [-0.39, 0.29) is 0 Å². The summed E-state index contributed by atoms with van der Waals surface area (Å²) in [7, 11) is 0. The highest BCUT2D eigenvalue weighted by atomic mass is 19.4. The molecule has 7 heteroatoms. The first kappa shape index (κ1) is 13.1. The van der Waals surface area contributed by atoms with E-state index in [1.54, 1.807) is 6.92 Å². The quantitative estimate of drug-likeness (QED) is 0.878. The van der Waals surface area contributed by atoms with Gasteiger partial charge in [-0.25, -0.2) is 9.97 Å². The van der Waals surface area contributed by atoms with Crippen LogP contribution in [0, 0.1) is 6.92 Å². The molecule has 19 heavy (non-hydrogen) atoms. The van der Waals surface area contributed by atoms with Crippen molar-refractivity contribution >= 4 is 17.3 Å². The van der Waals surface area contributed by atoms with Crippen LogP contribution < -0.4 is 11.1 Å². The van der Waals surface area contributed by atoms with Crippen LogP contribution in [0.2, 0.25) is 0 Å². The van der Waals surface area contributed by atoms with Gasteiger partial charge in [0.15, 0.2) is 0 Å². The fourth-order valence-electron chi connectivity index (χ4n) is 1.55. The predicted octanol–water partition coefficient (Wildman–Crippen LogP) is 3.13. The number of nitrogens with two attached hydrogens (primary N) is 1. The largest absolute Gasteiger partial charge is 0.416 e. The Hall–Kier alpha value is -2.31. The van der Waals surface area contributed by atoms with Crippen LogP contribution in [0.3, 0.4) is 0 Å². The van der Waals surface area contributed by atoms with Crippen molar-refractivity contribution < 1.29 is 13.2 Å². The molecule has 3 N–H and O–H groups in total. The maximum Gasteiger partial charge on any atom is 0.416 e. The summed E-state index contributed by atoms with van der Waals surface area (Å²) in [4.78, 5) is 7.98. The minimum atomic E-state index is -4.34. The van der Waals surface area contributed by atoms with Crippen molar-refractivity contribution in [2.45, 2.75) is 13.1 Å². The molecule has 0 aliphatic carbocycles. The summed E-state index contributed by atoms with van der Waals surface area (Å²) in [5, 5.41) is 2.87. The summed E-state index contributed by atoms with van der Waals surface area (Å²) in [6.45, 7) is 1.67. The maximum atomic E-state index is 12.4. The summed E-state index contributed by atoms with van der Waals surface area (Å²) in [6, 6.07) is 6.16.